The van der Waals surface area contributed by atoms with E-state index in [-0.39, 0.29) is 30.2 Å². The quantitative estimate of drug-likeness (QED) is 0.633. The molecule has 1 aliphatic heterocycles. The van der Waals surface area contributed by atoms with Gasteiger partial charge >= 0.3 is 0 Å². The maximum atomic E-state index is 12.4. The minimum absolute atomic E-state index is 0.0404. The van der Waals surface area contributed by atoms with Gasteiger partial charge in [-0.25, -0.2) is 0 Å². The van der Waals surface area contributed by atoms with Crippen LogP contribution in [-0.4, -0.2) is 55.3 Å². The highest BCUT2D eigenvalue weighted by atomic mass is 16.2. The number of likely N-dealkylation sites (tertiary alicyclic amines) is 1. The van der Waals surface area contributed by atoms with Crippen LogP contribution in [0.3, 0.4) is 0 Å². The average molecular weight is 386 g/mol. The third-order valence-corrected chi connectivity index (χ3v) is 5.25. The van der Waals surface area contributed by atoms with Crippen molar-refractivity contribution in [3.63, 3.8) is 0 Å². The number of benzene rings is 1. The molecule has 0 bridgehead atoms. The highest BCUT2D eigenvalue weighted by molar-refractivity contribution is 5.97. The van der Waals surface area contributed by atoms with Gasteiger partial charge in [-0.3, -0.25) is 19.3 Å². The lowest BCUT2D eigenvalue weighted by Gasteiger charge is -2.31. The van der Waals surface area contributed by atoms with Crippen molar-refractivity contribution < 1.29 is 14.4 Å². The van der Waals surface area contributed by atoms with E-state index in [2.05, 4.69) is 16.0 Å². The molecule has 1 saturated heterocycles. The van der Waals surface area contributed by atoms with Crippen LogP contribution in [0.1, 0.15) is 43.0 Å². The first-order chi connectivity index (χ1) is 13.5. The molecule has 0 aromatic heterocycles. The van der Waals surface area contributed by atoms with Crippen LogP contribution in [0.2, 0.25) is 0 Å². The topological polar surface area (TPSA) is 90.5 Å². The number of hydrogen-bond acceptors (Lipinski definition) is 4. The summed E-state index contributed by atoms with van der Waals surface area (Å²) in [6.45, 7) is 4.89. The summed E-state index contributed by atoms with van der Waals surface area (Å²) in [6.07, 6.45) is 4.24. The molecular weight excluding hydrogens is 356 g/mol. The minimum Gasteiger partial charge on any atom is -0.356 e. The molecule has 2 fully saturated rings. The number of carbonyl (C=O) groups is 3. The SMILES string of the molecule is CCNC(=O)c1cccc(NC(=O)CN2CCCC(C(=O)NCC3CC3)C2)c1. The van der Waals surface area contributed by atoms with E-state index in [1.807, 2.05) is 11.8 Å². The second-order valence-corrected chi connectivity index (χ2v) is 7.75. The first-order valence-electron chi connectivity index (χ1n) is 10.2. The summed E-state index contributed by atoms with van der Waals surface area (Å²) in [6, 6.07) is 6.91. The van der Waals surface area contributed by atoms with Gasteiger partial charge in [-0.1, -0.05) is 6.07 Å². The number of nitrogens with zero attached hydrogens (tertiary/aromatic N) is 1. The van der Waals surface area contributed by atoms with Crippen molar-refractivity contribution in [2.75, 3.05) is 38.0 Å². The van der Waals surface area contributed by atoms with Crippen LogP contribution in [0.25, 0.3) is 0 Å². The summed E-state index contributed by atoms with van der Waals surface area (Å²) in [7, 11) is 0. The zero-order valence-corrected chi connectivity index (χ0v) is 16.5. The van der Waals surface area contributed by atoms with Crippen molar-refractivity contribution in [3.8, 4) is 0 Å². The number of carbonyl (C=O) groups excluding carboxylic acids is 3. The van der Waals surface area contributed by atoms with Crippen LogP contribution in [-0.2, 0) is 9.59 Å². The molecular formula is C21H30N4O3. The predicted octanol–water partition coefficient (Wildman–Crippen LogP) is 1.61. The van der Waals surface area contributed by atoms with Crippen molar-refractivity contribution >= 4 is 23.4 Å². The molecule has 1 aromatic rings. The Hall–Kier alpha value is -2.41. The maximum Gasteiger partial charge on any atom is 0.251 e. The van der Waals surface area contributed by atoms with Crippen molar-refractivity contribution in [1.82, 2.24) is 15.5 Å². The lowest BCUT2D eigenvalue weighted by molar-refractivity contribution is -0.128. The van der Waals surface area contributed by atoms with Gasteiger partial charge in [0.25, 0.3) is 5.91 Å². The molecule has 0 radical (unpaired) electrons. The van der Waals surface area contributed by atoms with Gasteiger partial charge in [0.05, 0.1) is 12.5 Å². The largest absolute Gasteiger partial charge is 0.356 e. The van der Waals surface area contributed by atoms with Crippen LogP contribution >= 0.6 is 0 Å². The fourth-order valence-corrected chi connectivity index (χ4v) is 3.53. The third kappa shape index (κ3) is 6.05. The maximum absolute atomic E-state index is 12.4. The normalized spacial score (nSPS) is 19.7. The van der Waals surface area contributed by atoms with Gasteiger partial charge in [0, 0.05) is 30.9 Å². The number of anilines is 1. The average Bonchev–Trinajstić information content (AvgIpc) is 3.51. The summed E-state index contributed by atoms with van der Waals surface area (Å²) in [5.74, 6) is 0.458. The van der Waals surface area contributed by atoms with E-state index in [0.717, 1.165) is 25.9 Å². The Balaban J connectivity index is 1.48. The highest BCUT2D eigenvalue weighted by Crippen LogP contribution is 2.28. The Morgan fingerprint density at radius 3 is 2.71 bits per heavy atom. The van der Waals surface area contributed by atoms with E-state index < -0.39 is 0 Å². The summed E-state index contributed by atoms with van der Waals surface area (Å²) in [4.78, 5) is 38.7. The van der Waals surface area contributed by atoms with Crippen LogP contribution < -0.4 is 16.0 Å². The minimum atomic E-state index is -0.158. The molecule has 7 heteroatoms. The van der Waals surface area contributed by atoms with E-state index >= 15 is 0 Å². The van der Waals surface area contributed by atoms with Gasteiger partial charge in [0.15, 0.2) is 0 Å². The van der Waals surface area contributed by atoms with Gasteiger partial charge in [0.2, 0.25) is 11.8 Å². The van der Waals surface area contributed by atoms with E-state index in [4.69, 9.17) is 0 Å². The van der Waals surface area contributed by atoms with Crippen molar-refractivity contribution in [1.29, 1.82) is 0 Å². The number of hydrogen-bond donors (Lipinski definition) is 3. The van der Waals surface area contributed by atoms with E-state index in [1.165, 1.54) is 12.8 Å². The van der Waals surface area contributed by atoms with Crippen LogP contribution in [0.4, 0.5) is 5.69 Å². The van der Waals surface area contributed by atoms with Gasteiger partial charge in [-0.05, 0) is 63.3 Å². The zero-order chi connectivity index (χ0) is 19.9. The molecule has 0 spiro atoms. The highest BCUT2D eigenvalue weighted by Gasteiger charge is 2.28. The molecule has 1 atom stereocenters. The summed E-state index contributed by atoms with van der Waals surface area (Å²) >= 11 is 0. The van der Waals surface area contributed by atoms with E-state index in [1.54, 1.807) is 24.3 Å². The van der Waals surface area contributed by atoms with E-state index in [0.29, 0.717) is 30.3 Å². The number of amides is 3. The van der Waals surface area contributed by atoms with Gasteiger partial charge in [0.1, 0.15) is 0 Å². The molecule has 7 nitrogen and oxygen atoms in total. The first-order valence-corrected chi connectivity index (χ1v) is 10.2. The fraction of sp³-hybridized carbons (Fsp3) is 0.571. The van der Waals surface area contributed by atoms with Gasteiger partial charge in [-0.2, -0.15) is 0 Å². The molecule has 1 saturated carbocycles. The van der Waals surface area contributed by atoms with Gasteiger partial charge in [-0.15, -0.1) is 0 Å². The molecule has 1 aromatic carbocycles. The Morgan fingerprint density at radius 2 is 1.96 bits per heavy atom. The Kier molecular flexibility index (Phi) is 7.03. The molecule has 28 heavy (non-hydrogen) atoms. The summed E-state index contributed by atoms with van der Waals surface area (Å²) < 4.78 is 0. The standard InChI is InChI=1S/C21H30N4O3/c1-2-22-20(27)16-5-3-7-18(11-16)24-19(26)14-25-10-4-6-17(13-25)21(28)23-12-15-8-9-15/h3,5,7,11,15,17H,2,4,6,8-10,12-14H2,1H3,(H,22,27)(H,23,28)(H,24,26). The Morgan fingerprint density at radius 1 is 1.14 bits per heavy atom. The van der Waals surface area contributed by atoms with Crippen LogP contribution in [0.5, 0.6) is 0 Å². The first kappa shape index (κ1) is 20.3. The molecule has 1 aliphatic carbocycles. The number of piperidine rings is 1. The second-order valence-electron chi connectivity index (χ2n) is 7.75. The Bertz CT molecular complexity index is 717. The molecule has 3 amide bonds. The summed E-state index contributed by atoms with van der Waals surface area (Å²) in [5, 5.41) is 8.66. The molecule has 3 rings (SSSR count). The van der Waals surface area contributed by atoms with Crippen molar-refractivity contribution in [2.24, 2.45) is 11.8 Å². The van der Waals surface area contributed by atoms with Crippen LogP contribution in [0.15, 0.2) is 24.3 Å². The molecule has 2 aliphatic rings. The smallest absolute Gasteiger partial charge is 0.251 e. The third-order valence-electron chi connectivity index (χ3n) is 5.25. The molecule has 152 valence electrons. The number of nitrogens with one attached hydrogen (secondary N) is 3. The van der Waals surface area contributed by atoms with Crippen molar-refractivity contribution in [3.05, 3.63) is 29.8 Å². The molecule has 3 N–H and O–H groups in total. The van der Waals surface area contributed by atoms with Crippen molar-refractivity contribution in [2.45, 2.75) is 32.6 Å². The fourth-order valence-electron chi connectivity index (χ4n) is 3.53. The van der Waals surface area contributed by atoms with E-state index in [9.17, 15) is 14.4 Å². The molecule has 1 unspecified atom stereocenters. The lowest BCUT2D eigenvalue weighted by atomic mass is 9.97. The Labute approximate surface area is 166 Å². The predicted molar refractivity (Wildman–Crippen MR) is 108 cm³/mol. The van der Waals surface area contributed by atoms with Gasteiger partial charge < -0.3 is 16.0 Å². The number of rotatable bonds is 8. The lowest BCUT2D eigenvalue weighted by Crippen LogP contribution is -2.45. The summed E-state index contributed by atoms with van der Waals surface area (Å²) in [5.41, 5.74) is 1.12. The second kappa shape index (κ2) is 9.68. The zero-order valence-electron chi connectivity index (χ0n) is 16.5. The monoisotopic (exact) mass is 386 g/mol. The molecule has 1 heterocycles. The van der Waals surface area contributed by atoms with Crippen LogP contribution in [0, 0.1) is 11.8 Å².